The van der Waals surface area contributed by atoms with Crippen molar-refractivity contribution in [2.45, 2.75) is 46.1 Å². The van der Waals surface area contributed by atoms with Gasteiger partial charge in [0.2, 0.25) is 0 Å². The van der Waals surface area contributed by atoms with Gasteiger partial charge in [0.25, 0.3) is 0 Å². The number of nitrogens with zero attached hydrogens (tertiary/aromatic N) is 1. The minimum Gasteiger partial charge on any atom is -0.497 e. The first-order valence-electron chi connectivity index (χ1n) is 7.64. The molecule has 1 aromatic carbocycles. The van der Waals surface area contributed by atoms with Gasteiger partial charge in [-0.05, 0) is 49.6 Å². The molecular weight excluding hydrogens is 248 g/mol. The summed E-state index contributed by atoms with van der Waals surface area (Å²) in [5, 5.41) is 1.31. The van der Waals surface area contributed by atoms with Crippen LogP contribution in [0.25, 0.3) is 10.9 Å². The van der Waals surface area contributed by atoms with E-state index in [0.717, 1.165) is 38.0 Å². The van der Waals surface area contributed by atoms with Gasteiger partial charge >= 0.3 is 0 Å². The largest absolute Gasteiger partial charge is 0.497 e. The van der Waals surface area contributed by atoms with Crippen molar-refractivity contribution in [1.29, 1.82) is 0 Å². The highest BCUT2D eigenvalue weighted by molar-refractivity contribution is 5.87. The lowest BCUT2D eigenvalue weighted by Crippen LogP contribution is -2.07. The summed E-state index contributed by atoms with van der Waals surface area (Å²) >= 11 is 0. The van der Waals surface area contributed by atoms with Crippen molar-refractivity contribution in [2.24, 2.45) is 5.73 Å². The summed E-state index contributed by atoms with van der Waals surface area (Å²) in [6.45, 7) is 6.23. The number of aryl methyl sites for hydroxylation is 1. The lowest BCUT2D eigenvalue weighted by Gasteiger charge is -2.10. The molecule has 0 amide bonds. The Morgan fingerprint density at radius 1 is 1.15 bits per heavy atom. The van der Waals surface area contributed by atoms with Crippen LogP contribution in [0.3, 0.4) is 0 Å². The fraction of sp³-hybridized carbons (Fsp3) is 0.529. The Labute approximate surface area is 121 Å². The highest BCUT2D eigenvalue weighted by atomic mass is 16.5. The van der Waals surface area contributed by atoms with E-state index < -0.39 is 0 Å². The highest BCUT2D eigenvalue weighted by Gasteiger charge is 2.16. The molecule has 0 aliphatic carbocycles. The van der Waals surface area contributed by atoms with Gasteiger partial charge in [-0.25, -0.2) is 0 Å². The van der Waals surface area contributed by atoms with Crippen LogP contribution in [0.5, 0.6) is 5.75 Å². The minimum absolute atomic E-state index is 0.694. The Morgan fingerprint density at radius 2 is 1.95 bits per heavy atom. The van der Waals surface area contributed by atoms with E-state index in [9.17, 15) is 0 Å². The second-order valence-corrected chi connectivity index (χ2v) is 5.25. The summed E-state index contributed by atoms with van der Waals surface area (Å²) in [5.74, 6) is 0.924. The molecule has 0 saturated carbocycles. The molecule has 0 bridgehead atoms. The smallest absolute Gasteiger partial charge is 0.119 e. The van der Waals surface area contributed by atoms with E-state index in [1.54, 1.807) is 7.11 Å². The summed E-state index contributed by atoms with van der Waals surface area (Å²) in [7, 11) is 1.72. The molecule has 1 aromatic heterocycles. The van der Waals surface area contributed by atoms with Crippen LogP contribution in [0, 0.1) is 0 Å². The average molecular weight is 274 g/mol. The Kier molecular flexibility index (Phi) is 5.07. The van der Waals surface area contributed by atoms with Crippen LogP contribution in [0.1, 0.15) is 37.9 Å². The number of hydrogen-bond donors (Lipinski definition) is 1. The minimum atomic E-state index is 0.694. The number of nitrogens with two attached hydrogens (primary N) is 1. The molecule has 1 heterocycles. The van der Waals surface area contributed by atoms with Gasteiger partial charge in [0.15, 0.2) is 0 Å². The Morgan fingerprint density at radius 3 is 2.55 bits per heavy atom. The molecule has 0 atom stereocenters. The van der Waals surface area contributed by atoms with Crippen LogP contribution < -0.4 is 10.5 Å². The lowest BCUT2D eigenvalue weighted by molar-refractivity contribution is 0.415. The van der Waals surface area contributed by atoms with E-state index in [-0.39, 0.29) is 0 Å². The average Bonchev–Trinajstić information content (AvgIpc) is 2.74. The second-order valence-electron chi connectivity index (χ2n) is 5.25. The maximum absolute atomic E-state index is 5.83. The van der Waals surface area contributed by atoms with Crippen molar-refractivity contribution >= 4 is 10.9 Å². The second kappa shape index (κ2) is 6.80. The van der Waals surface area contributed by atoms with Crippen LogP contribution >= 0.6 is 0 Å². The molecule has 0 saturated heterocycles. The molecule has 0 aliphatic heterocycles. The third-order valence-electron chi connectivity index (χ3n) is 3.82. The molecule has 110 valence electrons. The van der Waals surface area contributed by atoms with Gasteiger partial charge < -0.3 is 15.0 Å². The van der Waals surface area contributed by atoms with Crippen molar-refractivity contribution < 1.29 is 4.74 Å². The third kappa shape index (κ3) is 2.68. The van der Waals surface area contributed by atoms with Gasteiger partial charge in [0, 0.05) is 23.1 Å². The van der Waals surface area contributed by atoms with Gasteiger partial charge in [-0.1, -0.05) is 20.3 Å². The van der Waals surface area contributed by atoms with Crippen LogP contribution in [0.2, 0.25) is 0 Å². The zero-order valence-electron chi connectivity index (χ0n) is 12.9. The third-order valence-corrected chi connectivity index (χ3v) is 3.82. The first kappa shape index (κ1) is 14.9. The quantitative estimate of drug-likeness (QED) is 0.839. The molecule has 20 heavy (non-hydrogen) atoms. The summed E-state index contributed by atoms with van der Waals surface area (Å²) in [4.78, 5) is 0. The molecule has 3 heteroatoms. The van der Waals surface area contributed by atoms with Crippen molar-refractivity contribution in [2.75, 3.05) is 13.7 Å². The number of ether oxygens (including phenoxy) is 1. The van der Waals surface area contributed by atoms with Gasteiger partial charge in [-0.15, -0.1) is 0 Å². The fourth-order valence-corrected chi connectivity index (χ4v) is 3.01. The number of aromatic nitrogens is 1. The molecule has 0 fully saturated rings. The summed E-state index contributed by atoms with van der Waals surface area (Å²) in [6, 6.07) is 6.39. The number of fused-ring (bicyclic) bond motifs is 1. The van der Waals surface area contributed by atoms with Crippen LogP contribution in [0.4, 0.5) is 0 Å². The van der Waals surface area contributed by atoms with Crippen molar-refractivity contribution in [3.8, 4) is 5.75 Å². The molecular formula is C17H26N2O. The van der Waals surface area contributed by atoms with E-state index in [1.807, 2.05) is 0 Å². The predicted molar refractivity (Wildman–Crippen MR) is 85.5 cm³/mol. The van der Waals surface area contributed by atoms with E-state index in [2.05, 4.69) is 36.6 Å². The molecule has 2 N–H and O–H groups in total. The molecule has 0 aliphatic rings. The molecule has 2 rings (SSSR count). The Hall–Kier alpha value is -1.48. The van der Waals surface area contributed by atoms with Crippen LogP contribution in [-0.4, -0.2) is 18.2 Å². The van der Waals surface area contributed by atoms with Crippen molar-refractivity contribution in [1.82, 2.24) is 4.57 Å². The maximum Gasteiger partial charge on any atom is 0.119 e. The summed E-state index contributed by atoms with van der Waals surface area (Å²) in [6.07, 6.45) is 4.37. The highest BCUT2D eigenvalue weighted by Crippen LogP contribution is 2.31. The maximum atomic E-state index is 5.83. The zero-order chi connectivity index (χ0) is 14.5. The molecule has 0 unspecified atom stereocenters. The van der Waals surface area contributed by atoms with Gasteiger partial charge in [0.1, 0.15) is 5.75 Å². The molecule has 2 aromatic rings. The molecule has 3 nitrogen and oxygen atoms in total. The van der Waals surface area contributed by atoms with E-state index in [4.69, 9.17) is 10.5 Å². The summed E-state index contributed by atoms with van der Waals surface area (Å²) < 4.78 is 7.86. The molecule has 0 spiro atoms. The van der Waals surface area contributed by atoms with E-state index >= 15 is 0 Å². The van der Waals surface area contributed by atoms with Gasteiger partial charge in [-0.2, -0.15) is 0 Å². The summed E-state index contributed by atoms with van der Waals surface area (Å²) in [5.41, 5.74) is 10.0. The fourth-order valence-electron chi connectivity index (χ4n) is 3.01. The number of hydrogen-bond acceptors (Lipinski definition) is 2. The Balaban J connectivity index is 2.68. The first-order chi connectivity index (χ1) is 9.76. The normalized spacial score (nSPS) is 11.2. The van der Waals surface area contributed by atoms with Gasteiger partial charge in [0.05, 0.1) is 7.11 Å². The lowest BCUT2D eigenvalue weighted by atomic mass is 10.0. The standard InChI is InChI=1S/C17H26N2O/c1-4-6-16-14(9-10-18)15-12-13(20-3)7-8-17(15)19(16)11-5-2/h7-8,12H,4-6,9-11,18H2,1-3H3. The number of benzene rings is 1. The Bertz CT molecular complexity index is 572. The van der Waals surface area contributed by atoms with Crippen molar-refractivity contribution in [3.63, 3.8) is 0 Å². The molecule has 0 radical (unpaired) electrons. The van der Waals surface area contributed by atoms with E-state index in [1.165, 1.54) is 22.2 Å². The van der Waals surface area contributed by atoms with Gasteiger partial charge in [-0.3, -0.25) is 0 Å². The zero-order valence-corrected chi connectivity index (χ0v) is 12.9. The monoisotopic (exact) mass is 274 g/mol. The van der Waals surface area contributed by atoms with E-state index in [0.29, 0.717) is 6.54 Å². The number of rotatable bonds is 7. The SMILES string of the molecule is CCCc1c(CCN)c2cc(OC)ccc2n1CCC. The topological polar surface area (TPSA) is 40.2 Å². The van der Waals surface area contributed by atoms with Crippen LogP contribution in [0.15, 0.2) is 18.2 Å². The number of methoxy groups -OCH3 is 1. The predicted octanol–water partition coefficient (Wildman–Crippen LogP) is 3.51. The first-order valence-corrected chi connectivity index (χ1v) is 7.64. The van der Waals surface area contributed by atoms with Crippen LogP contribution in [-0.2, 0) is 19.4 Å². The van der Waals surface area contributed by atoms with Crippen molar-refractivity contribution in [3.05, 3.63) is 29.5 Å².